The van der Waals surface area contributed by atoms with Gasteiger partial charge in [0.25, 0.3) is 0 Å². The zero-order chi connectivity index (χ0) is 12.8. The van der Waals surface area contributed by atoms with Gasteiger partial charge in [-0.3, -0.25) is 0 Å². The van der Waals surface area contributed by atoms with Crippen molar-refractivity contribution in [3.63, 3.8) is 0 Å². The van der Waals surface area contributed by atoms with Gasteiger partial charge in [-0.25, -0.2) is 4.98 Å². The highest BCUT2D eigenvalue weighted by atomic mass is 32.2. The summed E-state index contributed by atoms with van der Waals surface area (Å²) in [4.78, 5) is 9.40. The molecule has 0 unspecified atom stereocenters. The fourth-order valence-corrected chi connectivity index (χ4v) is 2.11. The van der Waals surface area contributed by atoms with E-state index < -0.39 is 0 Å². The van der Waals surface area contributed by atoms with E-state index in [-0.39, 0.29) is 0 Å². The molecule has 6 heteroatoms. The number of hydrogen-bond acceptors (Lipinski definition) is 6. The topological polar surface area (TPSA) is 77.8 Å². The number of rotatable bonds is 6. The number of pyridine rings is 1. The number of aromatic nitrogens is 3. The molecular weight excluding hydrogens is 248 g/mol. The number of thioether (sulfide) groups is 1. The first-order valence-electron chi connectivity index (χ1n) is 5.93. The first kappa shape index (κ1) is 12.9. The fourth-order valence-electron chi connectivity index (χ4n) is 1.41. The summed E-state index contributed by atoms with van der Waals surface area (Å²) < 4.78 is 5.18. The third kappa shape index (κ3) is 3.73. The van der Waals surface area contributed by atoms with E-state index in [1.54, 1.807) is 24.0 Å². The standard InChI is InChI=1S/C12H16N4OS/c1-2-3-4-11-15-12(17-16-11)8-18-9-5-6-10(13)14-7-9/h5-7H,2-4,8H2,1H3,(H2,13,14). The van der Waals surface area contributed by atoms with Gasteiger partial charge in [-0.1, -0.05) is 18.5 Å². The van der Waals surface area contributed by atoms with Crippen molar-refractivity contribution in [3.8, 4) is 0 Å². The monoisotopic (exact) mass is 264 g/mol. The summed E-state index contributed by atoms with van der Waals surface area (Å²) in [7, 11) is 0. The minimum atomic E-state index is 0.527. The second-order valence-corrected chi connectivity index (χ2v) is 4.96. The van der Waals surface area contributed by atoms with Crippen LogP contribution in [0.3, 0.4) is 0 Å². The molecule has 0 bridgehead atoms. The minimum absolute atomic E-state index is 0.527. The summed E-state index contributed by atoms with van der Waals surface area (Å²) in [5.41, 5.74) is 5.52. The Bertz CT molecular complexity index is 483. The molecule has 5 nitrogen and oxygen atoms in total. The lowest BCUT2D eigenvalue weighted by molar-refractivity contribution is 0.384. The van der Waals surface area contributed by atoms with Crippen molar-refractivity contribution in [2.75, 3.05) is 5.73 Å². The quantitative estimate of drug-likeness (QED) is 0.808. The Morgan fingerprint density at radius 3 is 3.00 bits per heavy atom. The molecule has 0 aliphatic heterocycles. The van der Waals surface area contributed by atoms with Gasteiger partial charge >= 0.3 is 0 Å². The molecule has 0 saturated heterocycles. The number of nitrogens with zero attached hydrogens (tertiary/aromatic N) is 3. The molecule has 0 fully saturated rings. The number of aryl methyl sites for hydroxylation is 1. The van der Waals surface area contributed by atoms with Crippen LogP contribution in [0.25, 0.3) is 0 Å². The summed E-state index contributed by atoms with van der Waals surface area (Å²) in [5, 5.41) is 3.95. The van der Waals surface area contributed by atoms with Crippen molar-refractivity contribution in [2.45, 2.75) is 36.8 Å². The minimum Gasteiger partial charge on any atom is -0.384 e. The van der Waals surface area contributed by atoms with Crippen molar-refractivity contribution < 1.29 is 4.52 Å². The summed E-state index contributed by atoms with van der Waals surface area (Å²) in [6.45, 7) is 2.14. The molecule has 0 aliphatic carbocycles. The van der Waals surface area contributed by atoms with Crippen LogP contribution in [0.4, 0.5) is 5.82 Å². The van der Waals surface area contributed by atoms with Gasteiger partial charge < -0.3 is 10.3 Å². The molecule has 2 N–H and O–H groups in total. The smallest absolute Gasteiger partial charge is 0.237 e. The van der Waals surface area contributed by atoms with Crippen LogP contribution >= 0.6 is 11.8 Å². The zero-order valence-corrected chi connectivity index (χ0v) is 11.1. The second-order valence-electron chi connectivity index (χ2n) is 3.92. The maximum absolute atomic E-state index is 5.52. The Morgan fingerprint density at radius 2 is 2.28 bits per heavy atom. The van der Waals surface area contributed by atoms with Gasteiger partial charge in [0.1, 0.15) is 5.82 Å². The number of nitrogens with two attached hydrogens (primary N) is 1. The fraction of sp³-hybridized carbons (Fsp3) is 0.417. The average Bonchev–Trinajstić information content (AvgIpc) is 2.84. The molecule has 18 heavy (non-hydrogen) atoms. The van der Waals surface area contributed by atoms with Gasteiger partial charge in [0.2, 0.25) is 5.89 Å². The van der Waals surface area contributed by atoms with E-state index >= 15 is 0 Å². The highest BCUT2D eigenvalue weighted by Gasteiger charge is 2.06. The van der Waals surface area contributed by atoms with Crippen LogP contribution in [0, 0.1) is 0 Å². The maximum atomic E-state index is 5.52. The Balaban J connectivity index is 1.86. The largest absolute Gasteiger partial charge is 0.384 e. The Kier molecular flexibility index (Phi) is 4.58. The molecule has 2 aromatic rings. The molecule has 0 aromatic carbocycles. The number of nitrogen functional groups attached to an aromatic ring is 1. The molecule has 2 rings (SSSR count). The third-order valence-corrected chi connectivity index (χ3v) is 3.35. The summed E-state index contributed by atoms with van der Waals surface area (Å²) in [5.74, 6) is 2.63. The predicted octanol–water partition coefficient (Wildman–Crippen LogP) is 2.68. The maximum Gasteiger partial charge on any atom is 0.237 e. The van der Waals surface area contributed by atoms with Crippen LogP contribution in [-0.2, 0) is 12.2 Å². The van der Waals surface area contributed by atoms with Crippen LogP contribution in [0.2, 0.25) is 0 Å². The van der Waals surface area contributed by atoms with E-state index in [2.05, 4.69) is 22.0 Å². The normalized spacial score (nSPS) is 10.7. The molecule has 96 valence electrons. The summed E-state index contributed by atoms with van der Waals surface area (Å²) in [6, 6.07) is 3.71. The van der Waals surface area contributed by atoms with Crippen LogP contribution in [0.1, 0.15) is 31.5 Å². The van der Waals surface area contributed by atoms with Gasteiger partial charge in [0.05, 0.1) is 5.75 Å². The van der Waals surface area contributed by atoms with Crippen molar-refractivity contribution in [1.29, 1.82) is 0 Å². The molecule has 2 heterocycles. The SMILES string of the molecule is CCCCc1noc(CSc2ccc(N)nc2)n1. The summed E-state index contributed by atoms with van der Waals surface area (Å²) in [6.07, 6.45) is 4.85. The molecule has 0 amide bonds. The van der Waals surface area contributed by atoms with Crippen LogP contribution in [0.15, 0.2) is 27.7 Å². The van der Waals surface area contributed by atoms with Crippen LogP contribution in [0.5, 0.6) is 0 Å². The van der Waals surface area contributed by atoms with Crippen molar-refractivity contribution in [3.05, 3.63) is 30.0 Å². The Hall–Kier alpha value is -1.56. The van der Waals surface area contributed by atoms with E-state index in [9.17, 15) is 0 Å². The Morgan fingerprint density at radius 1 is 1.39 bits per heavy atom. The highest BCUT2D eigenvalue weighted by molar-refractivity contribution is 7.98. The lowest BCUT2D eigenvalue weighted by Gasteiger charge is -1.97. The van der Waals surface area contributed by atoms with Crippen molar-refractivity contribution >= 4 is 17.6 Å². The van der Waals surface area contributed by atoms with E-state index in [1.807, 2.05) is 6.07 Å². The lowest BCUT2D eigenvalue weighted by atomic mass is 10.2. The second kappa shape index (κ2) is 6.39. The van der Waals surface area contributed by atoms with E-state index in [1.165, 1.54) is 0 Å². The van der Waals surface area contributed by atoms with Gasteiger partial charge in [-0.05, 0) is 18.6 Å². The third-order valence-electron chi connectivity index (χ3n) is 2.39. The highest BCUT2D eigenvalue weighted by Crippen LogP contribution is 2.21. The molecular formula is C12H16N4OS. The van der Waals surface area contributed by atoms with Crippen LogP contribution < -0.4 is 5.73 Å². The van der Waals surface area contributed by atoms with E-state index in [0.717, 1.165) is 30.0 Å². The molecule has 2 aromatic heterocycles. The van der Waals surface area contributed by atoms with Gasteiger partial charge in [0, 0.05) is 17.5 Å². The summed E-state index contributed by atoms with van der Waals surface area (Å²) >= 11 is 1.61. The van der Waals surface area contributed by atoms with Gasteiger partial charge in [-0.15, -0.1) is 11.8 Å². The van der Waals surface area contributed by atoms with Gasteiger partial charge in [0.15, 0.2) is 5.82 Å². The number of unbranched alkanes of at least 4 members (excludes halogenated alkanes) is 1. The average molecular weight is 264 g/mol. The molecule has 0 saturated carbocycles. The lowest BCUT2D eigenvalue weighted by Crippen LogP contribution is -1.89. The first-order valence-corrected chi connectivity index (χ1v) is 6.92. The van der Waals surface area contributed by atoms with E-state index in [0.29, 0.717) is 17.5 Å². The van der Waals surface area contributed by atoms with Crippen molar-refractivity contribution in [2.24, 2.45) is 0 Å². The van der Waals surface area contributed by atoms with Gasteiger partial charge in [-0.2, -0.15) is 4.98 Å². The van der Waals surface area contributed by atoms with E-state index in [4.69, 9.17) is 10.3 Å². The van der Waals surface area contributed by atoms with Crippen LogP contribution in [-0.4, -0.2) is 15.1 Å². The number of anilines is 1. The Labute approximate surface area is 110 Å². The number of hydrogen-bond donors (Lipinski definition) is 1. The molecule has 0 spiro atoms. The van der Waals surface area contributed by atoms with Crippen molar-refractivity contribution in [1.82, 2.24) is 15.1 Å². The first-order chi connectivity index (χ1) is 8.78. The molecule has 0 atom stereocenters. The molecule has 0 radical (unpaired) electrons. The molecule has 0 aliphatic rings. The predicted molar refractivity (Wildman–Crippen MR) is 71.1 cm³/mol. The zero-order valence-electron chi connectivity index (χ0n) is 10.3.